The van der Waals surface area contributed by atoms with Crippen molar-refractivity contribution in [1.82, 2.24) is 0 Å². The van der Waals surface area contributed by atoms with Crippen molar-refractivity contribution in [3.63, 3.8) is 0 Å². The van der Waals surface area contributed by atoms with Crippen LogP contribution in [0.25, 0.3) is 11.0 Å². The Balaban J connectivity index is 2.26. The fourth-order valence-corrected chi connectivity index (χ4v) is 1.71. The van der Waals surface area contributed by atoms with Gasteiger partial charge in [-0.05, 0) is 12.5 Å². The first-order valence-corrected chi connectivity index (χ1v) is 5.56. The fourth-order valence-electron chi connectivity index (χ4n) is 1.71. The van der Waals surface area contributed by atoms with Gasteiger partial charge in [-0.3, -0.25) is 0 Å². The van der Waals surface area contributed by atoms with E-state index in [4.69, 9.17) is 14.3 Å². The van der Waals surface area contributed by atoms with Crippen molar-refractivity contribution < 1.29 is 23.8 Å². The standard InChI is InChI=1S/C13H14O5/c1-16-12(15)8-17-11-4-2-3-10-9(5-6-14)7-18-13(10)11/h2-4,7,14H,5-6,8H2,1H3. The summed E-state index contributed by atoms with van der Waals surface area (Å²) < 4.78 is 15.2. The van der Waals surface area contributed by atoms with Crippen LogP contribution >= 0.6 is 0 Å². The molecule has 96 valence electrons. The van der Waals surface area contributed by atoms with Crippen molar-refractivity contribution in [2.45, 2.75) is 6.42 Å². The van der Waals surface area contributed by atoms with Gasteiger partial charge in [0, 0.05) is 17.6 Å². The smallest absolute Gasteiger partial charge is 0.343 e. The van der Waals surface area contributed by atoms with E-state index < -0.39 is 5.97 Å². The van der Waals surface area contributed by atoms with Crippen LogP contribution in [0.1, 0.15) is 5.56 Å². The van der Waals surface area contributed by atoms with Gasteiger partial charge in [0.1, 0.15) is 0 Å². The van der Waals surface area contributed by atoms with Gasteiger partial charge >= 0.3 is 5.97 Å². The largest absolute Gasteiger partial charge is 0.478 e. The minimum absolute atomic E-state index is 0.0574. The molecular formula is C13H14O5. The van der Waals surface area contributed by atoms with E-state index in [9.17, 15) is 4.79 Å². The number of esters is 1. The van der Waals surface area contributed by atoms with Gasteiger partial charge in [0.2, 0.25) is 0 Å². The Kier molecular flexibility index (Phi) is 3.84. The molecule has 0 spiro atoms. The van der Waals surface area contributed by atoms with Crippen molar-refractivity contribution in [2.75, 3.05) is 20.3 Å². The van der Waals surface area contributed by atoms with Gasteiger partial charge in [0.05, 0.1) is 13.4 Å². The Labute approximate surface area is 104 Å². The third kappa shape index (κ3) is 2.46. The lowest BCUT2D eigenvalue weighted by molar-refractivity contribution is -0.142. The molecule has 1 aromatic carbocycles. The van der Waals surface area contributed by atoms with E-state index in [1.165, 1.54) is 7.11 Å². The summed E-state index contributed by atoms with van der Waals surface area (Å²) in [6, 6.07) is 5.41. The zero-order valence-corrected chi connectivity index (χ0v) is 10.0. The molecule has 0 aliphatic carbocycles. The van der Waals surface area contributed by atoms with E-state index in [0.29, 0.717) is 17.8 Å². The second kappa shape index (κ2) is 5.55. The van der Waals surface area contributed by atoms with E-state index in [0.717, 1.165) is 10.9 Å². The number of benzene rings is 1. The molecule has 1 heterocycles. The molecule has 1 aromatic heterocycles. The zero-order valence-electron chi connectivity index (χ0n) is 10.0. The molecule has 0 aliphatic rings. The van der Waals surface area contributed by atoms with Crippen LogP contribution in [-0.2, 0) is 16.0 Å². The summed E-state index contributed by atoms with van der Waals surface area (Å²) in [5.74, 6) is 0.0382. The van der Waals surface area contributed by atoms with Gasteiger partial charge < -0.3 is 19.0 Å². The molecule has 0 radical (unpaired) electrons. The van der Waals surface area contributed by atoms with Crippen LogP contribution in [0.5, 0.6) is 5.75 Å². The summed E-state index contributed by atoms with van der Waals surface area (Å²) in [7, 11) is 1.30. The lowest BCUT2D eigenvalue weighted by Gasteiger charge is -2.05. The van der Waals surface area contributed by atoms with Gasteiger partial charge in [-0.25, -0.2) is 4.79 Å². The molecule has 0 fully saturated rings. The lowest BCUT2D eigenvalue weighted by atomic mass is 10.1. The zero-order chi connectivity index (χ0) is 13.0. The van der Waals surface area contributed by atoms with Crippen LogP contribution in [0.2, 0.25) is 0 Å². The summed E-state index contributed by atoms with van der Waals surface area (Å²) in [6.45, 7) is -0.104. The summed E-state index contributed by atoms with van der Waals surface area (Å²) >= 11 is 0. The number of furan rings is 1. The van der Waals surface area contributed by atoms with Gasteiger partial charge in [-0.15, -0.1) is 0 Å². The number of carbonyl (C=O) groups excluding carboxylic acids is 1. The average molecular weight is 250 g/mol. The highest BCUT2D eigenvalue weighted by Crippen LogP contribution is 2.29. The number of carbonyl (C=O) groups is 1. The normalized spacial score (nSPS) is 10.6. The van der Waals surface area contributed by atoms with Crippen molar-refractivity contribution in [3.8, 4) is 5.75 Å². The first-order chi connectivity index (χ1) is 8.76. The van der Waals surface area contributed by atoms with E-state index >= 15 is 0 Å². The number of ether oxygens (including phenoxy) is 2. The highest BCUT2D eigenvalue weighted by molar-refractivity contribution is 5.86. The van der Waals surface area contributed by atoms with Crippen LogP contribution in [0, 0.1) is 0 Å². The third-order valence-corrected chi connectivity index (χ3v) is 2.60. The fraction of sp³-hybridized carbons (Fsp3) is 0.308. The van der Waals surface area contributed by atoms with Crippen LogP contribution in [0.4, 0.5) is 0 Å². The van der Waals surface area contributed by atoms with Gasteiger partial charge in [0.25, 0.3) is 0 Å². The third-order valence-electron chi connectivity index (χ3n) is 2.60. The van der Waals surface area contributed by atoms with E-state index in [-0.39, 0.29) is 13.2 Å². The van der Waals surface area contributed by atoms with E-state index in [1.807, 2.05) is 12.1 Å². The summed E-state index contributed by atoms with van der Waals surface area (Å²) in [5, 5.41) is 9.82. The molecule has 1 N–H and O–H groups in total. The first-order valence-electron chi connectivity index (χ1n) is 5.56. The van der Waals surface area contributed by atoms with Gasteiger partial charge in [-0.2, -0.15) is 0 Å². The molecule has 0 atom stereocenters. The lowest BCUT2D eigenvalue weighted by Crippen LogP contribution is -2.12. The molecule has 18 heavy (non-hydrogen) atoms. The Morgan fingerprint density at radius 1 is 1.44 bits per heavy atom. The Bertz CT molecular complexity index is 543. The number of hydrogen-bond acceptors (Lipinski definition) is 5. The van der Waals surface area contributed by atoms with Gasteiger partial charge in [-0.1, -0.05) is 12.1 Å². The Hall–Kier alpha value is -2.01. The topological polar surface area (TPSA) is 68.9 Å². The predicted octanol–water partition coefficient (Wildman–Crippen LogP) is 1.52. The quantitative estimate of drug-likeness (QED) is 0.815. The van der Waals surface area contributed by atoms with Crippen molar-refractivity contribution >= 4 is 16.9 Å². The number of aliphatic hydroxyl groups is 1. The Morgan fingerprint density at radius 3 is 3.00 bits per heavy atom. The maximum absolute atomic E-state index is 11.0. The molecule has 2 rings (SSSR count). The maximum atomic E-state index is 11.0. The summed E-state index contributed by atoms with van der Waals surface area (Å²) in [5.41, 5.74) is 1.49. The highest BCUT2D eigenvalue weighted by atomic mass is 16.6. The molecule has 0 unspecified atom stereocenters. The number of para-hydroxylation sites is 1. The molecule has 0 saturated heterocycles. The molecule has 5 nitrogen and oxygen atoms in total. The van der Waals surface area contributed by atoms with E-state index in [2.05, 4.69) is 4.74 Å². The highest BCUT2D eigenvalue weighted by Gasteiger charge is 2.11. The van der Waals surface area contributed by atoms with E-state index in [1.54, 1.807) is 12.3 Å². The van der Waals surface area contributed by atoms with Gasteiger partial charge in [0.15, 0.2) is 17.9 Å². The van der Waals surface area contributed by atoms with Crippen LogP contribution in [-0.4, -0.2) is 31.4 Å². The van der Waals surface area contributed by atoms with Crippen molar-refractivity contribution in [2.24, 2.45) is 0 Å². The molecular weight excluding hydrogens is 236 g/mol. The summed E-state index contributed by atoms with van der Waals surface area (Å²) in [6.07, 6.45) is 2.11. The van der Waals surface area contributed by atoms with Crippen LogP contribution in [0.3, 0.4) is 0 Å². The Morgan fingerprint density at radius 2 is 2.28 bits per heavy atom. The van der Waals surface area contributed by atoms with Crippen LogP contribution < -0.4 is 4.74 Å². The molecule has 0 saturated carbocycles. The second-order valence-electron chi connectivity index (χ2n) is 3.73. The SMILES string of the molecule is COC(=O)COc1cccc2c(CCO)coc12. The molecule has 0 amide bonds. The minimum atomic E-state index is -0.450. The molecule has 5 heteroatoms. The molecule has 0 aliphatic heterocycles. The number of methoxy groups -OCH3 is 1. The first kappa shape index (κ1) is 12.4. The predicted molar refractivity (Wildman–Crippen MR) is 64.5 cm³/mol. The maximum Gasteiger partial charge on any atom is 0.343 e. The number of hydrogen-bond donors (Lipinski definition) is 1. The molecule has 2 aromatic rings. The number of aliphatic hydroxyl groups excluding tert-OH is 1. The summed E-state index contributed by atoms with van der Waals surface area (Å²) in [4.78, 5) is 11.0. The number of fused-ring (bicyclic) bond motifs is 1. The van der Waals surface area contributed by atoms with Crippen LogP contribution in [0.15, 0.2) is 28.9 Å². The minimum Gasteiger partial charge on any atom is -0.478 e. The monoisotopic (exact) mass is 250 g/mol. The molecule has 0 bridgehead atoms. The number of rotatable bonds is 5. The van der Waals surface area contributed by atoms with Crippen molar-refractivity contribution in [3.05, 3.63) is 30.0 Å². The second-order valence-corrected chi connectivity index (χ2v) is 3.73. The average Bonchev–Trinajstić information content (AvgIpc) is 2.80. The van der Waals surface area contributed by atoms with Crippen molar-refractivity contribution in [1.29, 1.82) is 0 Å².